The van der Waals surface area contributed by atoms with Crippen molar-refractivity contribution in [2.45, 2.75) is 39.0 Å². The summed E-state index contributed by atoms with van der Waals surface area (Å²) in [6.07, 6.45) is 1.04. The Balaban J connectivity index is 1.83. The lowest BCUT2D eigenvalue weighted by Gasteiger charge is -2.29. The third-order valence-electron chi connectivity index (χ3n) is 5.56. The van der Waals surface area contributed by atoms with Crippen molar-refractivity contribution in [1.29, 1.82) is 0 Å². The monoisotopic (exact) mass is 350 g/mol. The zero-order valence-electron chi connectivity index (χ0n) is 15.7. The highest BCUT2D eigenvalue weighted by Crippen LogP contribution is 2.34. The minimum atomic E-state index is -1.02. The van der Waals surface area contributed by atoms with E-state index in [0.717, 1.165) is 25.1 Å². The molecule has 4 rings (SSSR count). The van der Waals surface area contributed by atoms with Gasteiger partial charge in [-0.05, 0) is 62.7 Å². The molecule has 0 saturated carbocycles. The fraction of sp³-hybridized carbons (Fsp3) is 0.364. The maximum absolute atomic E-state index is 11.2. The predicted molar refractivity (Wildman–Crippen MR) is 104 cm³/mol. The van der Waals surface area contributed by atoms with Gasteiger partial charge >= 0.3 is 0 Å². The Hall–Kier alpha value is -2.30. The first-order valence-electron chi connectivity index (χ1n) is 9.16. The first-order valence-corrected chi connectivity index (χ1v) is 9.16. The molecule has 1 atom stereocenters. The Bertz CT molecular complexity index is 954. The van der Waals surface area contributed by atoms with E-state index in [1.165, 1.54) is 27.7 Å². The number of rotatable bonds is 3. The SMILES string of the molecule is Cc1ccc2c(c1)c1c(n2CC(C)(O)c2ccc(O)cc2)CN(C)CC1. The molecule has 1 aromatic heterocycles. The van der Waals surface area contributed by atoms with E-state index in [9.17, 15) is 10.2 Å². The van der Waals surface area contributed by atoms with Crippen LogP contribution in [0.3, 0.4) is 0 Å². The molecule has 0 aliphatic carbocycles. The molecule has 0 spiro atoms. The van der Waals surface area contributed by atoms with Gasteiger partial charge in [0.2, 0.25) is 0 Å². The summed E-state index contributed by atoms with van der Waals surface area (Å²) in [5, 5.41) is 22.1. The molecule has 2 aromatic carbocycles. The molecule has 26 heavy (non-hydrogen) atoms. The smallest absolute Gasteiger partial charge is 0.115 e. The topological polar surface area (TPSA) is 48.6 Å². The number of aliphatic hydroxyl groups is 1. The molecule has 1 aliphatic heterocycles. The summed E-state index contributed by atoms with van der Waals surface area (Å²) in [5.74, 6) is 0.213. The molecule has 1 aliphatic rings. The Morgan fingerprint density at radius 2 is 1.85 bits per heavy atom. The van der Waals surface area contributed by atoms with Crippen LogP contribution in [-0.2, 0) is 25.1 Å². The van der Waals surface area contributed by atoms with E-state index < -0.39 is 5.60 Å². The maximum Gasteiger partial charge on any atom is 0.115 e. The van der Waals surface area contributed by atoms with Crippen LogP contribution in [0.5, 0.6) is 5.75 Å². The Kier molecular flexibility index (Phi) is 4.05. The molecule has 1 unspecified atom stereocenters. The first-order chi connectivity index (χ1) is 12.3. The maximum atomic E-state index is 11.2. The van der Waals surface area contributed by atoms with Crippen molar-refractivity contribution < 1.29 is 10.2 Å². The largest absolute Gasteiger partial charge is 0.508 e. The van der Waals surface area contributed by atoms with Gasteiger partial charge in [-0.2, -0.15) is 0 Å². The van der Waals surface area contributed by atoms with Crippen molar-refractivity contribution in [2.75, 3.05) is 13.6 Å². The van der Waals surface area contributed by atoms with Gasteiger partial charge in [0.1, 0.15) is 11.4 Å². The Morgan fingerprint density at radius 3 is 2.58 bits per heavy atom. The molecule has 0 bridgehead atoms. The number of nitrogens with zero attached hydrogens (tertiary/aromatic N) is 2. The number of aryl methyl sites for hydroxylation is 1. The second-order valence-electron chi connectivity index (χ2n) is 7.84. The predicted octanol–water partition coefficient (Wildman–Crippen LogP) is 3.55. The third kappa shape index (κ3) is 2.89. The fourth-order valence-corrected chi connectivity index (χ4v) is 4.09. The van der Waals surface area contributed by atoms with Crippen molar-refractivity contribution in [3.63, 3.8) is 0 Å². The number of benzene rings is 2. The van der Waals surface area contributed by atoms with Crippen LogP contribution in [0.4, 0.5) is 0 Å². The van der Waals surface area contributed by atoms with Gasteiger partial charge in [-0.3, -0.25) is 0 Å². The number of aromatic hydroxyl groups is 1. The normalized spacial score (nSPS) is 17.2. The molecule has 4 nitrogen and oxygen atoms in total. The molecule has 4 heteroatoms. The number of likely N-dealkylation sites (N-methyl/N-ethyl adjacent to an activating group) is 1. The number of aromatic nitrogens is 1. The number of phenols is 1. The number of hydrogen-bond donors (Lipinski definition) is 2. The number of fused-ring (bicyclic) bond motifs is 3. The summed E-state index contributed by atoms with van der Waals surface area (Å²) < 4.78 is 2.28. The molecular formula is C22H26N2O2. The van der Waals surface area contributed by atoms with Crippen molar-refractivity contribution >= 4 is 10.9 Å². The zero-order valence-corrected chi connectivity index (χ0v) is 15.7. The molecule has 0 radical (unpaired) electrons. The van der Waals surface area contributed by atoms with Crippen LogP contribution in [0, 0.1) is 6.92 Å². The summed E-state index contributed by atoms with van der Waals surface area (Å²) >= 11 is 0. The van der Waals surface area contributed by atoms with Crippen molar-refractivity contribution in [1.82, 2.24) is 9.47 Å². The number of hydrogen-bond acceptors (Lipinski definition) is 3. The summed E-state index contributed by atoms with van der Waals surface area (Å²) in [5.41, 5.74) is 4.97. The van der Waals surface area contributed by atoms with Gasteiger partial charge in [0.25, 0.3) is 0 Å². The first kappa shape index (κ1) is 17.1. The third-order valence-corrected chi connectivity index (χ3v) is 5.56. The Labute approximate surface area is 154 Å². The fourth-order valence-electron chi connectivity index (χ4n) is 4.09. The summed E-state index contributed by atoms with van der Waals surface area (Å²) in [6.45, 7) is 6.42. The summed E-state index contributed by atoms with van der Waals surface area (Å²) in [4.78, 5) is 2.33. The minimum Gasteiger partial charge on any atom is -0.508 e. The van der Waals surface area contributed by atoms with Gasteiger partial charge in [-0.1, -0.05) is 23.8 Å². The molecule has 2 heterocycles. The highest BCUT2D eigenvalue weighted by Gasteiger charge is 2.29. The molecule has 136 valence electrons. The van der Waals surface area contributed by atoms with E-state index in [1.54, 1.807) is 24.3 Å². The highest BCUT2D eigenvalue weighted by atomic mass is 16.3. The second kappa shape index (κ2) is 6.15. The quantitative estimate of drug-likeness (QED) is 0.759. The van der Waals surface area contributed by atoms with Crippen LogP contribution in [-0.4, -0.2) is 33.3 Å². The summed E-state index contributed by atoms with van der Waals surface area (Å²) in [7, 11) is 2.15. The zero-order chi connectivity index (χ0) is 18.5. The van der Waals surface area contributed by atoms with E-state index in [-0.39, 0.29) is 5.75 Å². The van der Waals surface area contributed by atoms with E-state index in [2.05, 4.69) is 41.6 Å². The van der Waals surface area contributed by atoms with Crippen LogP contribution in [0.1, 0.15) is 29.3 Å². The average Bonchev–Trinajstić information content (AvgIpc) is 2.87. The van der Waals surface area contributed by atoms with E-state index in [0.29, 0.717) is 6.54 Å². The van der Waals surface area contributed by atoms with E-state index >= 15 is 0 Å². The van der Waals surface area contributed by atoms with Gasteiger partial charge in [0, 0.05) is 29.7 Å². The Morgan fingerprint density at radius 1 is 1.12 bits per heavy atom. The van der Waals surface area contributed by atoms with Crippen LogP contribution in [0.15, 0.2) is 42.5 Å². The standard InChI is InChI=1S/C22H26N2O2/c1-15-4-9-20-19(12-15)18-10-11-23(3)13-21(18)24(20)14-22(2,26)16-5-7-17(25)8-6-16/h4-9,12,25-26H,10-11,13-14H2,1-3H3. The molecular weight excluding hydrogens is 324 g/mol. The number of phenolic OH excluding ortho intramolecular Hbond substituents is 1. The van der Waals surface area contributed by atoms with Crippen molar-refractivity contribution in [3.05, 3.63) is 64.8 Å². The average molecular weight is 350 g/mol. The van der Waals surface area contributed by atoms with Gasteiger partial charge in [-0.25, -0.2) is 0 Å². The van der Waals surface area contributed by atoms with Gasteiger partial charge in [0.15, 0.2) is 0 Å². The van der Waals surface area contributed by atoms with Gasteiger partial charge in [0.05, 0.1) is 6.54 Å². The lowest BCUT2D eigenvalue weighted by molar-refractivity contribution is 0.0380. The molecule has 0 fully saturated rings. The lowest BCUT2D eigenvalue weighted by atomic mass is 9.95. The van der Waals surface area contributed by atoms with Crippen LogP contribution in [0.25, 0.3) is 10.9 Å². The van der Waals surface area contributed by atoms with E-state index in [4.69, 9.17) is 0 Å². The van der Waals surface area contributed by atoms with Crippen LogP contribution >= 0.6 is 0 Å². The van der Waals surface area contributed by atoms with Crippen molar-refractivity contribution in [3.8, 4) is 5.75 Å². The summed E-state index contributed by atoms with van der Waals surface area (Å²) in [6, 6.07) is 13.4. The molecule has 2 N–H and O–H groups in total. The van der Waals surface area contributed by atoms with Crippen LogP contribution < -0.4 is 0 Å². The minimum absolute atomic E-state index is 0.213. The molecule has 3 aromatic rings. The van der Waals surface area contributed by atoms with Gasteiger partial charge in [-0.15, -0.1) is 0 Å². The lowest BCUT2D eigenvalue weighted by Crippen LogP contribution is -2.32. The van der Waals surface area contributed by atoms with Crippen LogP contribution in [0.2, 0.25) is 0 Å². The molecule has 0 amide bonds. The highest BCUT2D eigenvalue weighted by molar-refractivity contribution is 5.86. The second-order valence-corrected chi connectivity index (χ2v) is 7.84. The van der Waals surface area contributed by atoms with Gasteiger partial charge < -0.3 is 19.7 Å². The van der Waals surface area contributed by atoms with Crippen molar-refractivity contribution in [2.24, 2.45) is 0 Å². The van der Waals surface area contributed by atoms with E-state index in [1.807, 2.05) is 6.92 Å². The molecule has 0 saturated heterocycles.